The van der Waals surface area contributed by atoms with Crippen molar-refractivity contribution in [2.45, 2.75) is 52.1 Å². The zero-order valence-corrected chi connectivity index (χ0v) is 7.45. The maximum Gasteiger partial charge on any atom is 0.180 e. The molecule has 0 aromatic rings. The average molecular weight is 162 g/mol. The third kappa shape index (κ3) is 4.35. The minimum Gasteiger partial charge on any atom is -0.388 e. The molecule has 2 unspecified atom stereocenters. The molecule has 3 heteroatoms. The summed E-state index contributed by atoms with van der Waals surface area (Å²) in [6.45, 7) is 5.49. The molecule has 0 amide bonds. The van der Waals surface area contributed by atoms with Gasteiger partial charge in [0.15, 0.2) is 6.29 Å². The molecule has 11 heavy (non-hydrogen) atoms. The first-order chi connectivity index (χ1) is 5.11. The molecule has 0 aliphatic heterocycles. The third-order valence-corrected chi connectivity index (χ3v) is 1.66. The molecule has 0 bridgehead atoms. The van der Waals surface area contributed by atoms with Gasteiger partial charge in [-0.2, -0.15) is 0 Å². The van der Waals surface area contributed by atoms with E-state index in [2.05, 4.69) is 0 Å². The summed E-state index contributed by atoms with van der Waals surface area (Å²) in [7, 11) is 0. The summed E-state index contributed by atoms with van der Waals surface area (Å²) in [6.07, 6.45) is -0.0734. The van der Waals surface area contributed by atoms with E-state index in [-0.39, 0.29) is 6.10 Å². The predicted octanol–water partition coefficient (Wildman–Crippen LogP) is 0.891. The zero-order valence-electron chi connectivity index (χ0n) is 7.45. The molecule has 0 aromatic carbocycles. The van der Waals surface area contributed by atoms with Crippen LogP contribution in [0, 0.1) is 0 Å². The Bertz CT molecular complexity index is 89.3. The van der Waals surface area contributed by atoms with Gasteiger partial charge in [-0.25, -0.2) is 0 Å². The second-order valence-corrected chi connectivity index (χ2v) is 2.71. The molecule has 0 saturated carbocycles. The van der Waals surface area contributed by atoms with Gasteiger partial charge in [0.25, 0.3) is 0 Å². The zero-order chi connectivity index (χ0) is 8.85. The van der Waals surface area contributed by atoms with Crippen LogP contribution in [0.25, 0.3) is 0 Å². The van der Waals surface area contributed by atoms with Crippen molar-refractivity contribution in [3.05, 3.63) is 0 Å². The molecule has 68 valence electrons. The summed E-state index contributed by atoms with van der Waals surface area (Å²) in [6, 6.07) is 0. The van der Waals surface area contributed by atoms with E-state index in [9.17, 15) is 0 Å². The van der Waals surface area contributed by atoms with Crippen LogP contribution in [-0.2, 0) is 4.74 Å². The molecule has 2 atom stereocenters. The molecule has 0 heterocycles. The Morgan fingerprint density at radius 1 is 1.18 bits per heavy atom. The Hall–Kier alpha value is -0.120. The van der Waals surface area contributed by atoms with E-state index in [1.807, 2.05) is 13.8 Å². The van der Waals surface area contributed by atoms with Crippen molar-refractivity contribution in [3.63, 3.8) is 0 Å². The van der Waals surface area contributed by atoms with Crippen LogP contribution in [0.2, 0.25) is 0 Å². The molecule has 0 radical (unpaired) electrons. The van der Waals surface area contributed by atoms with Crippen molar-refractivity contribution in [1.82, 2.24) is 0 Å². The van der Waals surface area contributed by atoms with E-state index in [4.69, 9.17) is 14.9 Å². The number of hydrogen-bond donors (Lipinski definition) is 2. The molecular weight excluding hydrogens is 144 g/mol. The molecule has 0 rings (SSSR count). The van der Waals surface area contributed by atoms with E-state index in [1.165, 1.54) is 6.92 Å². The monoisotopic (exact) mass is 162 g/mol. The number of ether oxygens (including phenoxy) is 1. The van der Waals surface area contributed by atoms with Crippen molar-refractivity contribution < 1.29 is 14.9 Å². The van der Waals surface area contributed by atoms with Crippen molar-refractivity contribution in [3.8, 4) is 0 Å². The van der Waals surface area contributed by atoms with E-state index >= 15 is 0 Å². The SMILES string of the molecule is CCC(CC)OC(O)C(C)O. The Balaban J connectivity index is 3.62. The molecule has 0 fully saturated rings. The van der Waals surface area contributed by atoms with Crippen LogP contribution < -0.4 is 0 Å². The van der Waals surface area contributed by atoms with E-state index in [0.717, 1.165) is 12.8 Å². The van der Waals surface area contributed by atoms with Gasteiger partial charge in [-0.1, -0.05) is 13.8 Å². The van der Waals surface area contributed by atoms with Gasteiger partial charge in [-0.3, -0.25) is 0 Å². The molecule has 0 saturated heterocycles. The average Bonchev–Trinajstić information content (AvgIpc) is 1.99. The van der Waals surface area contributed by atoms with Gasteiger partial charge < -0.3 is 14.9 Å². The van der Waals surface area contributed by atoms with Crippen molar-refractivity contribution in [1.29, 1.82) is 0 Å². The second-order valence-electron chi connectivity index (χ2n) is 2.71. The van der Waals surface area contributed by atoms with Gasteiger partial charge in [0.05, 0.1) is 6.10 Å². The topological polar surface area (TPSA) is 49.7 Å². The number of aliphatic hydroxyl groups excluding tert-OH is 2. The fraction of sp³-hybridized carbons (Fsp3) is 1.00. The van der Waals surface area contributed by atoms with Crippen LogP contribution in [0.15, 0.2) is 0 Å². The highest BCUT2D eigenvalue weighted by Gasteiger charge is 2.15. The summed E-state index contributed by atoms with van der Waals surface area (Å²) < 4.78 is 5.12. The lowest BCUT2D eigenvalue weighted by atomic mass is 10.2. The van der Waals surface area contributed by atoms with Gasteiger partial charge in [-0.15, -0.1) is 0 Å². The van der Waals surface area contributed by atoms with Gasteiger partial charge in [0.1, 0.15) is 6.10 Å². The van der Waals surface area contributed by atoms with Crippen LogP contribution in [0.5, 0.6) is 0 Å². The standard InChI is InChI=1S/C8H18O3/c1-4-7(5-2)11-8(10)6(3)9/h6-10H,4-5H2,1-3H3. The highest BCUT2D eigenvalue weighted by Crippen LogP contribution is 2.07. The highest BCUT2D eigenvalue weighted by atomic mass is 16.6. The third-order valence-electron chi connectivity index (χ3n) is 1.66. The van der Waals surface area contributed by atoms with Crippen LogP contribution >= 0.6 is 0 Å². The Morgan fingerprint density at radius 3 is 1.91 bits per heavy atom. The number of aliphatic hydroxyl groups is 2. The quantitative estimate of drug-likeness (QED) is 0.590. The fourth-order valence-corrected chi connectivity index (χ4v) is 0.792. The maximum atomic E-state index is 9.09. The molecule has 2 N–H and O–H groups in total. The minimum atomic E-state index is -1.04. The van der Waals surface area contributed by atoms with E-state index in [1.54, 1.807) is 0 Å². The largest absolute Gasteiger partial charge is 0.388 e. The van der Waals surface area contributed by atoms with Gasteiger partial charge >= 0.3 is 0 Å². The Labute approximate surface area is 68.0 Å². The smallest absolute Gasteiger partial charge is 0.180 e. The summed E-state index contributed by atoms with van der Waals surface area (Å²) in [5.74, 6) is 0. The minimum absolute atomic E-state index is 0.0552. The first-order valence-electron chi connectivity index (χ1n) is 4.13. The van der Waals surface area contributed by atoms with Gasteiger partial charge in [-0.05, 0) is 19.8 Å². The second kappa shape index (κ2) is 5.52. The Kier molecular flexibility index (Phi) is 5.46. The normalized spacial score (nSPS) is 16.9. The lowest BCUT2D eigenvalue weighted by Gasteiger charge is -2.20. The lowest BCUT2D eigenvalue weighted by Crippen LogP contribution is -2.30. The molecule has 0 aliphatic rings. The van der Waals surface area contributed by atoms with Gasteiger partial charge in [0, 0.05) is 0 Å². The fourth-order valence-electron chi connectivity index (χ4n) is 0.792. The van der Waals surface area contributed by atoms with Gasteiger partial charge in [0.2, 0.25) is 0 Å². The molecular formula is C8H18O3. The molecule has 0 spiro atoms. The van der Waals surface area contributed by atoms with Crippen LogP contribution in [0.1, 0.15) is 33.6 Å². The number of hydrogen-bond acceptors (Lipinski definition) is 3. The lowest BCUT2D eigenvalue weighted by molar-refractivity contribution is -0.183. The van der Waals surface area contributed by atoms with E-state index < -0.39 is 12.4 Å². The Morgan fingerprint density at radius 2 is 1.64 bits per heavy atom. The molecule has 3 nitrogen and oxygen atoms in total. The van der Waals surface area contributed by atoms with Crippen LogP contribution in [0.3, 0.4) is 0 Å². The summed E-state index contributed by atoms with van der Waals surface area (Å²) in [5.41, 5.74) is 0. The van der Waals surface area contributed by atoms with Crippen LogP contribution in [0.4, 0.5) is 0 Å². The predicted molar refractivity (Wildman–Crippen MR) is 43.1 cm³/mol. The van der Waals surface area contributed by atoms with Crippen molar-refractivity contribution in [2.75, 3.05) is 0 Å². The first-order valence-corrected chi connectivity index (χ1v) is 4.13. The number of rotatable bonds is 5. The summed E-state index contributed by atoms with van der Waals surface area (Å²) in [5, 5.41) is 18.0. The molecule has 0 aromatic heterocycles. The van der Waals surface area contributed by atoms with Crippen molar-refractivity contribution in [2.24, 2.45) is 0 Å². The highest BCUT2D eigenvalue weighted by molar-refractivity contribution is 4.56. The van der Waals surface area contributed by atoms with Crippen LogP contribution in [-0.4, -0.2) is 28.7 Å². The summed E-state index contributed by atoms with van der Waals surface area (Å²) >= 11 is 0. The molecule has 0 aliphatic carbocycles. The summed E-state index contributed by atoms with van der Waals surface area (Å²) in [4.78, 5) is 0. The maximum absolute atomic E-state index is 9.09. The first kappa shape index (κ1) is 10.9. The van der Waals surface area contributed by atoms with E-state index in [0.29, 0.717) is 0 Å². The van der Waals surface area contributed by atoms with Crippen molar-refractivity contribution >= 4 is 0 Å².